The van der Waals surface area contributed by atoms with E-state index in [2.05, 4.69) is 26.0 Å². The Kier molecular flexibility index (Phi) is 4.23. The summed E-state index contributed by atoms with van der Waals surface area (Å²) >= 11 is 0. The largest absolute Gasteiger partial charge is 0.457 e. The first-order chi connectivity index (χ1) is 9.06. The van der Waals surface area contributed by atoms with Crippen LogP contribution in [-0.4, -0.2) is 0 Å². The minimum atomic E-state index is 0.0550. The molecule has 0 aliphatic rings. The van der Waals surface area contributed by atoms with Gasteiger partial charge in [0.15, 0.2) is 0 Å². The maximum absolute atomic E-state index is 5.82. The van der Waals surface area contributed by atoms with Crippen LogP contribution in [0.4, 0.5) is 0 Å². The van der Waals surface area contributed by atoms with E-state index in [-0.39, 0.29) is 6.04 Å². The molecule has 0 bridgehead atoms. The Hall–Kier alpha value is -1.80. The summed E-state index contributed by atoms with van der Waals surface area (Å²) in [5.74, 6) is 2.24. The Bertz CT molecular complexity index is 462. The molecule has 100 valence electrons. The van der Waals surface area contributed by atoms with Gasteiger partial charge in [-0.15, -0.1) is 0 Å². The number of benzene rings is 2. The van der Waals surface area contributed by atoms with Crippen molar-refractivity contribution in [2.45, 2.75) is 32.7 Å². The van der Waals surface area contributed by atoms with E-state index in [9.17, 15) is 0 Å². The summed E-state index contributed by atoms with van der Waals surface area (Å²) in [7, 11) is 0. The highest BCUT2D eigenvalue weighted by Crippen LogP contribution is 2.24. The van der Waals surface area contributed by atoms with Gasteiger partial charge in [-0.2, -0.15) is 0 Å². The molecule has 2 aromatic rings. The summed E-state index contributed by atoms with van der Waals surface area (Å²) in [6.45, 7) is 6.34. The van der Waals surface area contributed by atoms with Crippen LogP contribution in [0, 0.1) is 0 Å². The first kappa shape index (κ1) is 13.6. The molecule has 0 radical (unpaired) electrons. The molecule has 1 unspecified atom stereocenters. The molecule has 0 aliphatic heterocycles. The van der Waals surface area contributed by atoms with E-state index < -0.39 is 0 Å². The van der Waals surface area contributed by atoms with E-state index in [1.165, 1.54) is 5.56 Å². The summed E-state index contributed by atoms with van der Waals surface area (Å²) in [5.41, 5.74) is 8.25. The molecule has 2 nitrogen and oxygen atoms in total. The van der Waals surface area contributed by atoms with Gasteiger partial charge in [-0.25, -0.2) is 0 Å². The number of nitrogens with two attached hydrogens (primary N) is 1. The second-order valence-corrected chi connectivity index (χ2v) is 5.18. The number of hydrogen-bond acceptors (Lipinski definition) is 2. The van der Waals surface area contributed by atoms with Crippen LogP contribution < -0.4 is 10.5 Å². The Morgan fingerprint density at radius 1 is 0.737 bits per heavy atom. The summed E-state index contributed by atoms with van der Waals surface area (Å²) in [5, 5.41) is 0. The minimum absolute atomic E-state index is 0.0550. The Morgan fingerprint density at radius 2 is 1.16 bits per heavy atom. The lowest BCUT2D eigenvalue weighted by atomic mass is 10.0. The zero-order valence-electron chi connectivity index (χ0n) is 11.8. The van der Waals surface area contributed by atoms with Crippen molar-refractivity contribution in [2.24, 2.45) is 5.73 Å². The zero-order valence-corrected chi connectivity index (χ0v) is 11.8. The standard InChI is InChI=1S/C17H21NO/c1-12(2)14-4-8-16(9-5-14)19-17-10-6-15(7-11-17)13(3)18/h4-13H,18H2,1-3H3. The molecule has 0 saturated carbocycles. The lowest BCUT2D eigenvalue weighted by Gasteiger charge is -2.10. The van der Waals surface area contributed by atoms with E-state index in [0.717, 1.165) is 17.1 Å². The first-order valence-electron chi connectivity index (χ1n) is 6.69. The molecule has 19 heavy (non-hydrogen) atoms. The van der Waals surface area contributed by atoms with Gasteiger partial charge in [-0.1, -0.05) is 38.1 Å². The van der Waals surface area contributed by atoms with Crippen molar-refractivity contribution in [3.63, 3.8) is 0 Å². The molecular formula is C17H21NO. The second kappa shape index (κ2) is 5.89. The number of hydrogen-bond donors (Lipinski definition) is 1. The van der Waals surface area contributed by atoms with Crippen LogP contribution in [0.1, 0.15) is 43.9 Å². The van der Waals surface area contributed by atoms with Crippen molar-refractivity contribution in [1.29, 1.82) is 0 Å². The van der Waals surface area contributed by atoms with Gasteiger partial charge < -0.3 is 10.5 Å². The predicted octanol–water partition coefficient (Wildman–Crippen LogP) is 4.62. The SMILES string of the molecule is CC(C)c1ccc(Oc2ccc(C(C)N)cc2)cc1. The van der Waals surface area contributed by atoms with Crippen molar-refractivity contribution in [3.8, 4) is 11.5 Å². The maximum atomic E-state index is 5.82. The Labute approximate surface area is 115 Å². The molecule has 2 aromatic carbocycles. The smallest absolute Gasteiger partial charge is 0.127 e. The van der Waals surface area contributed by atoms with Gasteiger partial charge in [0, 0.05) is 6.04 Å². The fraction of sp³-hybridized carbons (Fsp3) is 0.294. The monoisotopic (exact) mass is 255 g/mol. The highest BCUT2D eigenvalue weighted by atomic mass is 16.5. The van der Waals surface area contributed by atoms with Crippen molar-refractivity contribution >= 4 is 0 Å². The lowest BCUT2D eigenvalue weighted by molar-refractivity contribution is 0.482. The average Bonchev–Trinajstić information content (AvgIpc) is 2.40. The van der Waals surface area contributed by atoms with Gasteiger partial charge in [0.2, 0.25) is 0 Å². The molecule has 0 amide bonds. The Morgan fingerprint density at radius 3 is 1.53 bits per heavy atom. The van der Waals surface area contributed by atoms with Crippen LogP contribution >= 0.6 is 0 Å². The molecule has 0 saturated heterocycles. The first-order valence-corrected chi connectivity index (χ1v) is 6.69. The van der Waals surface area contributed by atoms with Gasteiger partial charge in [0.1, 0.15) is 11.5 Å². The predicted molar refractivity (Wildman–Crippen MR) is 79.6 cm³/mol. The fourth-order valence-electron chi connectivity index (χ4n) is 1.90. The fourth-order valence-corrected chi connectivity index (χ4v) is 1.90. The third-order valence-corrected chi connectivity index (χ3v) is 3.19. The molecule has 2 heteroatoms. The van der Waals surface area contributed by atoms with Crippen LogP contribution in [-0.2, 0) is 0 Å². The van der Waals surface area contributed by atoms with Crippen molar-refractivity contribution in [3.05, 3.63) is 59.7 Å². The van der Waals surface area contributed by atoms with Crippen LogP contribution in [0.2, 0.25) is 0 Å². The Balaban J connectivity index is 2.08. The topological polar surface area (TPSA) is 35.2 Å². The van der Waals surface area contributed by atoms with Crippen LogP contribution in [0.15, 0.2) is 48.5 Å². The third kappa shape index (κ3) is 3.58. The molecule has 2 N–H and O–H groups in total. The summed E-state index contributed by atoms with van der Waals surface area (Å²) < 4.78 is 5.81. The highest BCUT2D eigenvalue weighted by Gasteiger charge is 2.02. The maximum Gasteiger partial charge on any atom is 0.127 e. The summed E-state index contributed by atoms with van der Waals surface area (Å²) in [6, 6.07) is 16.2. The average molecular weight is 255 g/mol. The van der Waals surface area contributed by atoms with Gasteiger partial charge in [0.25, 0.3) is 0 Å². The molecular weight excluding hydrogens is 234 g/mol. The van der Waals surface area contributed by atoms with Crippen LogP contribution in [0.25, 0.3) is 0 Å². The molecule has 1 atom stereocenters. The number of ether oxygens (including phenoxy) is 1. The van der Waals surface area contributed by atoms with Gasteiger partial charge in [-0.05, 0) is 48.2 Å². The quantitative estimate of drug-likeness (QED) is 0.865. The molecule has 0 spiro atoms. The van der Waals surface area contributed by atoms with Crippen molar-refractivity contribution in [2.75, 3.05) is 0 Å². The molecule has 0 fully saturated rings. The van der Waals surface area contributed by atoms with Crippen LogP contribution in [0.5, 0.6) is 11.5 Å². The molecule has 0 aromatic heterocycles. The van der Waals surface area contributed by atoms with E-state index in [0.29, 0.717) is 5.92 Å². The van der Waals surface area contributed by atoms with Crippen molar-refractivity contribution < 1.29 is 4.74 Å². The van der Waals surface area contributed by atoms with Crippen LogP contribution in [0.3, 0.4) is 0 Å². The molecule has 0 heterocycles. The summed E-state index contributed by atoms with van der Waals surface area (Å²) in [6.07, 6.45) is 0. The second-order valence-electron chi connectivity index (χ2n) is 5.18. The minimum Gasteiger partial charge on any atom is -0.457 e. The van der Waals surface area contributed by atoms with E-state index in [4.69, 9.17) is 10.5 Å². The van der Waals surface area contributed by atoms with E-state index in [1.54, 1.807) is 0 Å². The highest BCUT2D eigenvalue weighted by molar-refractivity contribution is 5.35. The lowest BCUT2D eigenvalue weighted by Crippen LogP contribution is -2.04. The molecule has 0 aliphatic carbocycles. The van der Waals surface area contributed by atoms with Gasteiger partial charge in [-0.3, -0.25) is 0 Å². The zero-order chi connectivity index (χ0) is 13.8. The van der Waals surface area contributed by atoms with Crippen molar-refractivity contribution in [1.82, 2.24) is 0 Å². The third-order valence-electron chi connectivity index (χ3n) is 3.19. The van der Waals surface area contributed by atoms with Gasteiger partial charge in [0.05, 0.1) is 0 Å². The van der Waals surface area contributed by atoms with E-state index >= 15 is 0 Å². The molecule has 2 rings (SSSR count). The number of rotatable bonds is 4. The normalized spacial score (nSPS) is 12.5. The summed E-state index contributed by atoms with van der Waals surface area (Å²) in [4.78, 5) is 0. The van der Waals surface area contributed by atoms with Gasteiger partial charge >= 0.3 is 0 Å². The van der Waals surface area contributed by atoms with E-state index in [1.807, 2.05) is 43.3 Å².